The minimum Gasteiger partial charge on any atom is -0.298 e. The van der Waals surface area contributed by atoms with E-state index in [2.05, 4.69) is 5.32 Å². The van der Waals surface area contributed by atoms with Gasteiger partial charge < -0.3 is 0 Å². The zero-order valence-electron chi connectivity index (χ0n) is 11.9. The molecule has 1 aliphatic heterocycles. The summed E-state index contributed by atoms with van der Waals surface area (Å²) < 4.78 is 0. The van der Waals surface area contributed by atoms with E-state index in [0.717, 1.165) is 4.88 Å². The summed E-state index contributed by atoms with van der Waals surface area (Å²) in [5, 5.41) is 4.60. The molecule has 4 nitrogen and oxygen atoms in total. The van der Waals surface area contributed by atoms with Crippen molar-refractivity contribution in [3.05, 3.63) is 70.4 Å². The van der Waals surface area contributed by atoms with Crippen LogP contribution >= 0.6 is 23.6 Å². The number of hydrogen-bond donors (Lipinski definition) is 1. The van der Waals surface area contributed by atoms with Crippen molar-refractivity contribution in [1.29, 1.82) is 0 Å². The molecule has 6 heteroatoms. The minimum absolute atomic E-state index is 0.0512. The highest BCUT2D eigenvalue weighted by Gasteiger charge is 2.33. The molecule has 0 radical (unpaired) electrons. The van der Waals surface area contributed by atoms with E-state index < -0.39 is 11.8 Å². The van der Waals surface area contributed by atoms with Gasteiger partial charge in [0.05, 0.1) is 5.69 Å². The van der Waals surface area contributed by atoms with Gasteiger partial charge in [-0.3, -0.25) is 19.8 Å². The van der Waals surface area contributed by atoms with Crippen LogP contribution in [0.25, 0.3) is 6.08 Å². The van der Waals surface area contributed by atoms with E-state index in [1.807, 2.05) is 41.8 Å². The van der Waals surface area contributed by atoms with Crippen LogP contribution in [0.3, 0.4) is 0 Å². The first-order valence-corrected chi connectivity index (χ1v) is 8.12. The molecular weight excluding hydrogens is 328 g/mol. The Kier molecular flexibility index (Phi) is 4.45. The van der Waals surface area contributed by atoms with Crippen LogP contribution in [-0.2, 0) is 9.59 Å². The number of carbonyl (C=O) groups excluding carboxylic acids is 2. The largest absolute Gasteiger partial charge is 0.298 e. The van der Waals surface area contributed by atoms with Gasteiger partial charge in [-0.05, 0) is 47.9 Å². The maximum Gasteiger partial charge on any atom is 0.270 e. The van der Waals surface area contributed by atoms with Crippen molar-refractivity contribution in [2.45, 2.75) is 0 Å². The number of thiocarbonyl (C=S) groups is 1. The molecule has 1 fully saturated rings. The molecule has 23 heavy (non-hydrogen) atoms. The van der Waals surface area contributed by atoms with Gasteiger partial charge in [0.15, 0.2) is 5.11 Å². The molecule has 1 aromatic heterocycles. The summed E-state index contributed by atoms with van der Waals surface area (Å²) >= 11 is 6.70. The Morgan fingerprint density at radius 3 is 2.57 bits per heavy atom. The number of benzene rings is 1. The number of nitrogens with one attached hydrogen (secondary N) is 1. The van der Waals surface area contributed by atoms with Gasteiger partial charge in [-0.15, -0.1) is 11.3 Å². The van der Waals surface area contributed by atoms with Crippen LogP contribution in [0, 0.1) is 0 Å². The standard InChI is InChI=1S/C17H12N2O2S2/c20-15-14(10-4-8-13-9-5-11-23-13)16(21)19(17(22)18-15)12-6-2-1-3-7-12/h1-11H,(H,18,20,22)/b8-4+,14-10+. The van der Waals surface area contributed by atoms with Crippen molar-refractivity contribution in [3.8, 4) is 0 Å². The Labute approximate surface area is 142 Å². The van der Waals surface area contributed by atoms with Crippen molar-refractivity contribution < 1.29 is 9.59 Å². The third kappa shape index (κ3) is 3.28. The van der Waals surface area contributed by atoms with E-state index in [4.69, 9.17) is 12.2 Å². The van der Waals surface area contributed by atoms with Crippen molar-refractivity contribution in [2.24, 2.45) is 0 Å². The molecule has 0 aliphatic carbocycles. The maximum absolute atomic E-state index is 12.6. The topological polar surface area (TPSA) is 49.4 Å². The average molecular weight is 340 g/mol. The lowest BCUT2D eigenvalue weighted by molar-refractivity contribution is -0.122. The second-order valence-electron chi connectivity index (χ2n) is 4.69. The highest BCUT2D eigenvalue weighted by Crippen LogP contribution is 2.20. The van der Waals surface area contributed by atoms with Gasteiger partial charge in [0.1, 0.15) is 5.57 Å². The predicted octanol–water partition coefficient (Wildman–Crippen LogP) is 3.14. The van der Waals surface area contributed by atoms with E-state index in [0.29, 0.717) is 5.69 Å². The van der Waals surface area contributed by atoms with Crippen molar-refractivity contribution in [3.63, 3.8) is 0 Å². The number of para-hydroxylation sites is 1. The third-order valence-corrected chi connectivity index (χ3v) is 4.30. The fourth-order valence-electron chi connectivity index (χ4n) is 2.11. The fraction of sp³-hybridized carbons (Fsp3) is 0. The van der Waals surface area contributed by atoms with Gasteiger partial charge in [0.2, 0.25) is 0 Å². The van der Waals surface area contributed by atoms with Gasteiger partial charge in [0.25, 0.3) is 11.8 Å². The first kappa shape index (κ1) is 15.3. The van der Waals surface area contributed by atoms with Crippen LogP contribution in [0.1, 0.15) is 4.88 Å². The van der Waals surface area contributed by atoms with Crippen LogP contribution in [0.4, 0.5) is 5.69 Å². The normalized spacial score (nSPS) is 17.1. The molecule has 1 aromatic carbocycles. The molecule has 3 rings (SSSR count). The monoisotopic (exact) mass is 340 g/mol. The van der Waals surface area contributed by atoms with Gasteiger partial charge in [0, 0.05) is 4.88 Å². The van der Waals surface area contributed by atoms with Crippen LogP contribution in [0.2, 0.25) is 0 Å². The number of rotatable bonds is 3. The molecule has 1 aliphatic rings. The van der Waals surface area contributed by atoms with Gasteiger partial charge in [-0.25, -0.2) is 0 Å². The summed E-state index contributed by atoms with van der Waals surface area (Å²) in [5.74, 6) is -0.913. The van der Waals surface area contributed by atoms with Gasteiger partial charge in [-0.1, -0.05) is 30.3 Å². The quantitative estimate of drug-likeness (QED) is 0.530. The minimum atomic E-state index is -0.483. The van der Waals surface area contributed by atoms with Crippen LogP contribution in [0.15, 0.2) is 65.6 Å². The highest BCUT2D eigenvalue weighted by atomic mass is 32.1. The molecule has 0 saturated carbocycles. The Morgan fingerprint density at radius 1 is 1.09 bits per heavy atom. The Morgan fingerprint density at radius 2 is 1.87 bits per heavy atom. The number of nitrogens with zero attached hydrogens (tertiary/aromatic N) is 1. The average Bonchev–Trinajstić information content (AvgIpc) is 3.04. The smallest absolute Gasteiger partial charge is 0.270 e. The summed E-state index contributed by atoms with van der Waals surface area (Å²) in [6.07, 6.45) is 5.04. The summed E-state index contributed by atoms with van der Waals surface area (Å²) in [4.78, 5) is 27.0. The Hall–Kier alpha value is -2.57. The number of anilines is 1. The summed E-state index contributed by atoms with van der Waals surface area (Å²) in [6.45, 7) is 0. The number of hydrogen-bond acceptors (Lipinski definition) is 4. The summed E-state index contributed by atoms with van der Waals surface area (Å²) in [7, 11) is 0. The number of carbonyl (C=O) groups is 2. The van der Waals surface area contributed by atoms with Crippen molar-refractivity contribution >= 4 is 52.2 Å². The van der Waals surface area contributed by atoms with Gasteiger partial charge in [-0.2, -0.15) is 0 Å². The lowest BCUT2D eigenvalue weighted by Gasteiger charge is -2.28. The summed E-state index contributed by atoms with van der Waals surface area (Å²) in [5.41, 5.74) is 0.672. The first-order chi connectivity index (χ1) is 11.2. The number of amides is 2. The van der Waals surface area contributed by atoms with E-state index >= 15 is 0 Å². The number of allylic oxidation sites excluding steroid dienone is 2. The van der Waals surface area contributed by atoms with E-state index in [1.54, 1.807) is 29.5 Å². The molecule has 0 atom stereocenters. The van der Waals surface area contributed by atoms with Crippen LogP contribution < -0.4 is 10.2 Å². The molecule has 1 N–H and O–H groups in total. The Bertz CT molecular complexity index is 808. The molecular formula is C17H12N2O2S2. The predicted molar refractivity (Wildman–Crippen MR) is 96.1 cm³/mol. The molecule has 2 heterocycles. The molecule has 0 unspecified atom stereocenters. The van der Waals surface area contributed by atoms with Gasteiger partial charge >= 0.3 is 0 Å². The van der Waals surface area contributed by atoms with Crippen molar-refractivity contribution in [2.75, 3.05) is 4.90 Å². The first-order valence-electron chi connectivity index (χ1n) is 6.83. The SMILES string of the molecule is O=C1NC(=S)N(c2ccccc2)C(=O)/C1=C/C=C/c1cccs1. The van der Waals surface area contributed by atoms with Crippen molar-refractivity contribution in [1.82, 2.24) is 5.32 Å². The Balaban J connectivity index is 1.89. The summed E-state index contributed by atoms with van der Waals surface area (Å²) in [6, 6.07) is 12.9. The number of thiophene rings is 1. The van der Waals surface area contributed by atoms with E-state index in [9.17, 15) is 9.59 Å². The molecule has 0 bridgehead atoms. The molecule has 0 spiro atoms. The van der Waals surface area contributed by atoms with Crippen LogP contribution in [0.5, 0.6) is 0 Å². The molecule has 114 valence electrons. The molecule has 2 aromatic rings. The highest BCUT2D eigenvalue weighted by molar-refractivity contribution is 7.80. The molecule has 2 amide bonds. The van der Waals surface area contributed by atoms with E-state index in [-0.39, 0.29) is 10.7 Å². The van der Waals surface area contributed by atoms with Crippen LogP contribution in [-0.4, -0.2) is 16.9 Å². The lowest BCUT2D eigenvalue weighted by atomic mass is 10.1. The third-order valence-electron chi connectivity index (χ3n) is 3.18. The van der Waals surface area contributed by atoms with E-state index in [1.165, 1.54) is 11.0 Å². The fourth-order valence-corrected chi connectivity index (χ4v) is 3.02. The lowest BCUT2D eigenvalue weighted by Crippen LogP contribution is -2.54. The molecule has 1 saturated heterocycles. The second-order valence-corrected chi connectivity index (χ2v) is 6.06. The maximum atomic E-state index is 12.6. The second kappa shape index (κ2) is 6.68. The zero-order valence-corrected chi connectivity index (χ0v) is 13.6. The zero-order chi connectivity index (χ0) is 16.2.